The molecule has 6 nitrogen and oxygen atoms in total. The van der Waals surface area contributed by atoms with E-state index in [4.69, 9.17) is 11.6 Å². The van der Waals surface area contributed by atoms with Crippen LogP contribution in [0.4, 0.5) is 17.2 Å². The van der Waals surface area contributed by atoms with Crippen molar-refractivity contribution in [2.45, 2.75) is 32.1 Å². The molecule has 1 aromatic heterocycles. The van der Waals surface area contributed by atoms with E-state index in [0.717, 1.165) is 49.7 Å². The van der Waals surface area contributed by atoms with E-state index < -0.39 is 0 Å². The topological polar surface area (TPSA) is 61.4 Å². The molecule has 1 aromatic carbocycles. The molecule has 2 saturated heterocycles. The molecule has 0 aliphatic carbocycles. The predicted octanol–water partition coefficient (Wildman–Crippen LogP) is 3.98. The maximum Gasteiger partial charge on any atom is 0.229 e. The Labute approximate surface area is 170 Å². The molecule has 3 heterocycles. The number of anilines is 3. The van der Waals surface area contributed by atoms with Gasteiger partial charge >= 0.3 is 0 Å². The van der Waals surface area contributed by atoms with Crippen LogP contribution in [0.25, 0.3) is 0 Å². The number of amides is 1. The number of halogens is 1. The molecule has 2 fully saturated rings. The number of carbonyl (C=O) groups excluding carboxylic acids is 1. The maximum atomic E-state index is 13.1. The van der Waals surface area contributed by atoms with Crippen LogP contribution in [-0.4, -0.2) is 42.1 Å². The molecule has 7 heteroatoms. The average molecular weight is 400 g/mol. The summed E-state index contributed by atoms with van der Waals surface area (Å²) >= 11 is 6.23. The summed E-state index contributed by atoms with van der Waals surface area (Å²) in [6.07, 6.45) is 10.6. The summed E-state index contributed by atoms with van der Waals surface area (Å²) in [5, 5.41) is 3.80. The number of hydrogen-bond donors (Lipinski definition) is 1. The van der Waals surface area contributed by atoms with Crippen molar-refractivity contribution in [2.75, 3.05) is 41.3 Å². The van der Waals surface area contributed by atoms with Crippen molar-refractivity contribution in [1.29, 1.82) is 0 Å². The quantitative estimate of drug-likeness (QED) is 0.842. The molecule has 4 rings (SSSR count). The number of nitrogens with zero attached hydrogens (tertiary/aromatic N) is 4. The van der Waals surface area contributed by atoms with Crippen LogP contribution in [0.15, 0.2) is 36.8 Å². The van der Waals surface area contributed by atoms with Gasteiger partial charge in [0.15, 0.2) is 0 Å². The van der Waals surface area contributed by atoms with Crippen molar-refractivity contribution < 1.29 is 4.79 Å². The first-order chi connectivity index (χ1) is 13.7. The number of hydrogen-bond acceptors (Lipinski definition) is 5. The molecule has 0 radical (unpaired) electrons. The van der Waals surface area contributed by atoms with Gasteiger partial charge in [0.1, 0.15) is 5.82 Å². The second-order valence-electron chi connectivity index (χ2n) is 7.55. The van der Waals surface area contributed by atoms with E-state index in [1.807, 2.05) is 18.2 Å². The summed E-state index contributed by atoms with van der Waals surface area (Å²) in [4.78, 5) is 26.1. The Morgan fingerprint density at radius 1 is 1.07 bits per heavy atom. The lowest BCUT2D eigenvalue weighted by molar-refractivity contribution is -0.120. The minimum atomic E-state index is -0.0797. The first kappa shape index (κ1) is 19.0. The number of aromatic nitrogens is 2. The first-order valence-electron chi connectivity index (χ1n) is 10.1. The van der Waals surface area contributed by atoms with E-state index >= 15 is 0 Å². The van der Waals surface area contributed by atoms with E-state index in [2.05, 4.69) is 25.1 Å². The van der Waals surface area contributed by atoms with Crippen molar-refractivity contribution in [1.82, 2.24) is 9.97 Å². The van der Waals surface area contributed by atoms with E-state index in [9.17, 15) is 4.79 Å². The SMILES string of the molecule is O=C(Nc1cc(Cl)ccc1N1CCCCC1)C1CCCN(c2cnccn2)C1. The number of rotatable bonds is 4. The standard InChI is InChI=1S/C21H26ClN5O/c22-17-6-7-19(26-10-2-1-3-11-26)18(13-17)25-21(28)16-5-4-12-27(15-16)20-14-23-8-9-24-20/h6-9,13-14,16H,1-5,10-12,15H2,(H,25,28). The van der Waals surface area contributed by atoms with Crippen LogP contribution < -0.4 is 15.1 Å². The summed E-state index contributed by atoms with van der Waals surface area (Å²) in [7, 11) is 0. The van der Waals surface area contributed by atoms with E-state index in [0.29, 0.717) is 11.6 Å². The van der Waals surface area contributed by atoms with Gasteiger partial charge in [0.2, 0.25) is 5.91 Å². The van der Waals surface area contributed by atoms with Gasteiger partial charge in [0.25, 0.3) is 0 Å². The molecule has 1 unspecified atom stereocenters. The third kappa shape index (κ3) is 4.38. The monoisotopic (exact) mass is 399 g/mol. The molecule has 0 saturated carbocycles. The Morgan fingerprint density at radius 3 is 2.68 bits per heavy atom. The molecule has 28 heavy (non-hydrogen) atoms. The zero-order chi connectivity index (χ0) is 19.3. The van der Waals surface area contributed by atoms with Gasteiger partial charge in [-0.3, -0.25) is 9.78 Å². The van der Waals surface area contributed by atoms with Crippen LogP contribution in [-0.2, 0) is 4.79 Å². The highest BCUT2D eigenvalue weighted by Gasteiger charge is 2.27. The number of carbonyl (C=O) groups is 1. The van der Waals surface area contributed by atoms with Gasteiger partial charge in [-0.25, -0.2) is 4.98 Å². The summed E-state index contributed by atoms with van der Waals surface area (Å²) in [6, 6.07) is 5.79. The molecule has 1 amide bonds. The third-order valence-corrected chi connectivity index (χ3v) is 5.81. The summed E-state index contributed by atoms with van der Waals surface area (Å²) < 4.78 is 0. The lowest BCUT2D eigenvalue weighted by atomic mass is 9.97. The fourth-order valence-electron chi connectivity index (χ4n) is 4.11. The van der Waals surface area contributed by atoms with Gasteiger partial charge in [0, 0.05) is 43.6 Å². The van der Waals surface area contributed by atoms with Gasteiger partial charge < -0.3 is 15.1 Å². The fraction of sp³-hybridized carbons (Fsp3) is 0.476. The van der Waals surface area contributed by atoms with Crippen LogP contribution >= 0.6 is 11.6 Å². The normalized spacial score (nSPS) is 20.1. The van der Waals surface area contributed by atoms with E-state index in [1.165, 1.54) is 19.3 Å². The first-order valence-corrected chi connectivity index (χ1v) is 10.4. The molecular formula is C21H26ClN5O. The average Bonchev–Trinajstić information content (AvgIpc) is 2.75. The molecule has 1 N–H and O–H groups in total. The number of benzene rings is 1. The van der Waals surface area contributed by atoms with Gasteiger partial charge in [-0.1, -0.05) is 11.6 Å². The minimum absolute atomic E-state index is 0.0501. The second kappa shape index (κ2) is 8.78. The van der Waals surface area contributed by atoms with Gasteiger partial charge in [-0.15, -0.1) is 0 Å². The smallest absolute Gasteiger partial charge is 0.229 e. The van der Waals surface area contributed by atoms with Gasteiger partial charge in [-0.2, -0.15) is 0 Å². The van der Waals surface area contributed by atoms with Gasteiger partial charge in [0.05, 0.1) is 23.5 Å². The minimum Gasteiger partial charge on any atom is -0.370 e. The highest BCUT2D eigenvalue weighted by molar-refractivity contribution is 6.31. The van der Waals surface area contributed by atoms with Crippen molar-refractivity contribution >= 4 is 34.7 Å². The van der Waals surface area contributed by atoms with Crippen LogP contribution in [0.5, 0.6) is 0 Å². The van der Waals surface area contributed by atoms with Crippen LogP contribution in [0.1, 0.15) is 32.1 Å². The summed E-state index contributed by atoms with van der Waals surface area (Å²) in [5.74, 6) is 0.801. The van der Waals surface area contributed by atoms with Gasteiger partial charge in [-0.05, 0) is 50.3 Å². The zero-order valence-corrected chi connectivity index (χ0v) is 16.7. The van der Waals surface area contributed by atoms with E-state index in [-0.39, 0.29) is 11.8 Å². The Bertz CT molecular complexity index is 810. The highest BCUT2D eigenvalue weighted by atomic mass is 35.5. The molecule has 0 spiro atoms. The lowest BCUT2D eigenvalue weighted by Gasteiger charge is -2.33. The Hall–Kier alpha value is -2.34. The Kier molecular flexibility index (Phi) is 5.95. The van der Waals surface area contributed by atoms with Crippen molar-refractivity contribution in [3.63, 3.8) is 0 Å². The number of piperidine rings is 2. The predicted molar refractivity (Wildman–Crippen MR) is 113 cm³/mol. The van der Waals surface area contributed by atoms with E-state index in [1.54, 1.807) is 18.6 Å². The molecule has 2 aliphatic heterocycles. The molecule has 1 atom stereocenters. The van der Waals surface area contributed by atoms with Crippen LogP contribution in [0.2, 0.25) is 5.02 Å². The maximum absolute atomic E-state index is 13.1. The molecular weight excluding hydrogens is 374 g/mol. The largest absolute Gasteiger partial charge is 0.370 e. The Balaban J connectivity index is 1.48. The van der Waals surface area contributed by atoms with Crippen molar-refractivity contribution in [3.8, 4) is 0 Å². The zero-order valence-electron chi connectivity index (χ0n) is 16.0. The summed E-state index contributed by atoms with van der Waals surface area (Å²) in [6.45, 7) is 3.60. The molecule has 0 bridgehead atoms. The lowest BCUT2D eigenvalue weighted by Crippen LogP contribution is -2.41. The second-order valence-corrected chi connectivity index (χ2v) is 7.98. The van der Waals surface area contributed by atoms with Crippen molar-refractivity contribution in [2.24, 2.45) is 5.92 Å². The molecule has 2 aliphatic rings. The van der Waals surface area contributed by atoms with Crippen LogP contribution in [0.3, 0.4) is 0 Å². The molecule has 2 aromatic rings. The third-order valence-electron chi connectivity index (χ3n) is 5.58. The fourth-order valence-corrected chi connectivity index (χ4v) is 4.28. The Morgan fingerprint density at radius 2 is 1.89 bits per heavy atom. The van der Waals surface area contributed by atoms with Crippen molar-refractivity contribution in [3.05, 3.63) is 41.8 Å². The highest BCUT2D eigenvalue weighted by Crippen LogP contribution is 2.32. The summed E-state index contributed by atoms with van der Waals surface area (Å²) in [5.41, 5.74) is 1.88. The molecule has 148 valence electrons. The number of nitrogens with one attached hydrogen (secondary N) is 1. The van der Waals surface area contributed by atoms with Crippen LogP contribution in [0, 0.1) is 5.92 Å².